The zero-order valence-electron chi connectivity index (χ0n) is 9.08. The van der Waals surface area contributed by atoms with Crippen LogP contribution >= 0.6 is 11.9 Å². The highest BCUT2D eigenvalue weighted by Crippen LogP contribution is 2.14. The SMILES string of the molecule is Cc1cccc(SNCCN(C)C)c1. The summed E-state index contributed by atoms with van der Waals surface area (Å²) in [5.41, 5.74) is 1.31. The summed E-state index contributed by atoms with van der Waals surface area (Å²) in [6.45, 7) is 4.19. The van der Waals surface area contributed by atoms with Gasteiger partial charge in [-0.3, -0.25) is 4.72 Å². The van der Waals surface area contributed by atoms with Gasteiger partial charge in [0.05, 0.1) is 0 Å². The number of hydrogen-bond donors (Lipinski definition) is 1. The lowest BCUT2D eigenvalue weighted by molar-refractivity contribution is 0.415. The summed E-state index contributed by atoms with van der Waals surface area (Å²) >= 11 is 1.70. The van der Waals surface area contributed by atoms with Crippen LogP contribution in [0.15, 0.2) is 29.2 Å². The number of benzene rings is 1. The molecule has 0 unspecified atom stereocenters. The smallest absolute Gasteiger partial charge is 0.0230 e. The maximum absolute atomic E-state index is 3.34. The summed E-state index contributed by atoms with van der Waals surface area (Å²) in [6, 6.07) is 8.52. The molecule has 1 N–H and O–H groups in total. The average Bonchev–Trinajstić information content (AvgIpc) is 2.12. The Bertz CT molecular complexity index is 274. The van der Waals surface area contributed by atoms with Crippen molar-refractivity contribution in [3.63, 3.8) is 0 Å². The number of nitrogens with one attached hydrogen (secondary N) is 1. The van der Waals surface area contributed by atoms with Crippen molar-refractivity contribution < 1.29 is 0 Å². The summed E-state index contributed by atoms with van der Waals surface area (Å²) in [5, 5.41) is 0. The zero-order valence-corrected chi connectivity index (χ0v) is 9.90. The molecule has 0 radical (unpaired) electrons. The molecular weight excluding hydrogens is 192 g/mol. The zero-order chi connectivity index (χ0) is 10.4. The molecule has 1 rings (SSSR count). The van der Waals surface area contributed by atoms with Crippen LogP contribution in [0.3, 0.4) is 0 Å². The second-order valence-corrected chi connectivity index (χ2v) is 4.58. The van der Waals surface area contributed by atoms with Crippen LogP contribution in [-0.4, -0.2) is 32.1 Å². The number of likely N-dealkylation sites (N-methyl/N-ethyl adjacent to an activating group) is 1. The summed E-state index contributed by atoms with van der Waals surface area (Å²) < 4.78 is 3.34. The predicted octanol–water partition coefficient (Wildman–Crippen LogP) is 2.15. The molecule has 0 bridgehead atoms. The van der Waals surface area contributed by atoms with Crippen LogP contribution in [0.5, 0.6) is 0 Å². The third kappa shape index (κ3) is 4.65. The van der Waals surface area contributed by atoms with Crippen LogP contribution in [0.4, 0.5) is 0 Å². The van der Waals surface area contributed by atoms with E-state index >= 15 is 0 Å². The van der Waals surface area contributed by atoms with Gasteiger partial charge in [0, 0.05) is 18.0 Å². The maximum Gasteiger partial charge on any atom is 0.0230 e. The first-order valence-electron chi connectivity index (χ1n) is 4.79. The van der Waals surface area contributed by atoms with Crippen LogP contribution in [0.1, 0.15) is 5.56 Å². The van der Waals surface area contributed by atoms with Gasteiger partial charge < -0.3 is 4.90 Å². The average molecular weight is 210 g/mol. The predicted molar refractivity (Wildman–Crippen MR) is 63.6 cm³/mol. The molecule has 0 aliphatic heterocycles. The van der Waals surface area contributed by atoms with Gasteiger partial charge in [0.2, 0.25) is 0 Å². The Morgan fingerprint density at radius 2 is 2.14 bits per heavy atom. The first kappa shape index (κ1) is 11.6. The number of hydrogen-bond acceptors (Lipinski definition) is 3. The Hall–Kier alpha value is -0.510. The van der Waals surface area contributed by atoms with E-state index in [1.54, 1.807) is 11.9 Å². The van der Waals surface area contributed by atoms with E-state index in [9.17, 15) is 0 Å². The molecule has 0 fully saturated rings. The van der Waals surface area contributed by atoms with Crippen LogP contribution in [0.25, 0.3) is 0 Å². The van der Waals surface area contributed by atoms with Gasteiger partial charge in [-0.2, -0.15) is 0 Å². The van der Waals surface area contributed by atoms with E-state index in [1.807, 2.05) is 0 Å². The van der Waals surface area contributed by atoms with Crippen molar-refractivity contribution >= 4 is 11.9 Å². The Kier molecular flexibility index (Phi) is 5.01. The van der Waals surface area contributed by atoms with E-state index < -0.39 is 0 Å². The monoisotopic (exact) mass is 210 g/mol. The van der Waals surface area contributed by atoms with Crippen LogP contribution in [0, 0.1) is 6.92 Å². The van der Waals surface area contributed by atoms with E-state index in [1.165, 1.54) is 10.5 Å². The van der Waals surface area contributed by atoms with Crippen molar-refractivity contribution in [2.75, 3.05) is 27.2 Å². The molecule has 0 amide bonds. The minimum Gasteiger partial charge on any atom is -0.308 e. The highest BCUT2D eigenvalue weighted by molar-refractivity contribution is 7.97. The highest BCUT2D eigenvalue weighted by atomic mass is 32.2. The van der Waals surface area contributed by atoms with Crippen LogP contribution in [0.2, 0.25) is 0 Å². The lowest BCUT2D eigenvalue weighted by atomic mass is 10.2. The molecule has 0 aliphatic carbocycles. The molecule has 0 aliphatic rings. The molecule has 0 saturated heterocycles. The Morgan fingerprint density at radius 3 is 2.79 bits per heavy atom. The summed E-state index contributed by atoms with van der Waals surface area (Å²) in [6.07, 6.45) is 0. The molecule has 1 aromatic carbocycles. The van der Waals surface area contributed by atoms with E-state index in [0.717, 1.165) is 13.1 Å². The molecule has 1 aromatic rings. The molecule has 2 nitrogen and oxygen atoms in total. The van der Waals surface area contributed by atoms with E-state index in [4.69, 9.17) is 0 Å². The fraction of sp³-hybridized carbons (Fsp3) is 0.455. The highest BCUT2D eigenvalue weighted by Gasteiger charge is 1.94. The second-order valence-electron chi connectivity index (χ2n) is 3.62. The minimum absolute atomic E-state index is 1.01. The largest absolute Gasteiger partial charge is 0.308 e. The summed E-state index contributed by atoms with van der Waals surface area (Å²) in [5.74, 6) is 0. The molecule has 14 heavy (non-hydrogen) atoms. The number of rotatable bonds is 5. The van der Waals surface area contributed by atoms with E-state index in [-0.39, 0.29) is 0 Å². The fourth-order valence-corrected chi connectivity index (χ4v) is 1.83. The molecule has 0 heterocycles. The Morgan fingerprint density at radius 1 is 1.36 bits per heavy atom. The van der Waals surface area contributed by atoms with Crippen LogP contribution < -0.4 is 4.72 Å². The quantitative estimate of drug-likeness (QED) is 0.592. The molecule has 3 heteroatoms. The Balaban J connectivity index is 2.25. The first-order chi connectivity index (χ1) is 6.68. The number of nitrogens with zero attached hydrogens (tertiary/aromatic N) is 1. The second kappa shape index (κ2) is 6.06. The van der Waals surface area contributed by atoms with Crippen molar-refractivity contribution in [2.45, 2.75) is 11.8 Å². The van der Waals surface area contributed by atoms with Crippen LogP contribution in [-0.2, 0) is 0 Å². The summed E-state index contributed by atoms with van der Waals surface area (Å²) in [7, 11) is 4.16. The van der Waals surface area contributed by atoms with E-state index in [0.29, 0.717) is 0 Å². The van der Waals surface area contributed by atoms with Gasteiger partial charge in [-0.15, -0.1) is 0 Å². The standard InChI is InChI=1S/C11H18N2S/c1-10-5-4-6-11(9-10)14-12-7-8-13(2)3/h4-6,9,12H,7-8H2,1-3H3. The molecular formula is C11H18N2S. The molecule has 0 saturated carbocycles. The lowest BCUT2D eigenvalue weighted by Crippen LogP contribution is -2.22. The van der Waals surface area contributed by atoms with Crippen molar-refractivity contribution in [3.05, 3.63) is 29.8 Å². The molecule has 78 valence electrons. The van der Waals surface area contributed by atoms with Gasteiger partial charge in [0.1, 0.15) is 0 Å². The molecule has 0 aromatic heterocycles. The first-order valence-corrected chi connectivity index (χ1v) is 5.61. The molecule has 0 atom stereocenters. The molecule has 0 spiro atoms. The topological polar surface area (TPSA) is 15.3 Å². The lowest BCUT2D eigenvalue weighted by Gasteiger charge is -2.09. The van der Waals surface area contributed by atoms with Crippen molar-refractivity contribution in [2.24, 2.45) is 0 Å². The van der Waals surface area contributed by atoms with Crippen molar-refractivity contribution in [3.8, 4) is 0 Å². The Labute approximate surface area is 90.8 Å². The van der Waals surface area contributed by atoms with E-state index in [2.05, 4.69) is 54.9 Å². The fourth-order valence-electron chi connectivity index (χ4n) is 1.08. The normalized spacial score (nSPS) is 10.9. The third-order valence-electron chi connectivity index (χ3n) is 1.84. The minimum atomic E-state index is 1.01. The van der Waals surface area contributed by atoms with Gasteiger partial charge in [-0.25, -0.2) is 0 Å². The number of aryl methyl sites for hydroxylation is 1. The van der Waals surface area contributed by atoms with Gasteiger partial charge in [-0.05, 0) is 50.7 Å². The van der Waals surface area contributed by atoms with Crippen molar-refractivity contribution in [1.29, 1.82) is 0 Å². The van der Waals surface area contributed by atoms with Gasteiger partial charge in [-0.1, -0.05) is 12.1 Å². The maximum atomic E-state index is 3.34. The van der Waals surface area contributed by atoms with Gasteiger partial charge >= 0.3 is 0 Å². The van der Waals surface area contributed by atoms with Crippen molar-refractivity contribution in [1.82, 2.24) is 9.62 Å². The van der Waals surface area contributed by atoms with Gasteiger partial charge in [0.15, 0.2) is 0 Å². The summed E-state index contributed by atoms with van der Waals surface area (Å²) in [4.78, 5) is 3.45. The van der Waals surface area contributed by atoms with Gasteiger partial charge in [0.25, 0.3) is 0 Å². The third-order valence-corrected chi connectivity index (χ3v) is 2.68.